The van der Waals surface area contributed by atoms with Crippen LogP contribution in [0, 0.1) is 5.92 Å². The zero-order chi connectivity index (χ0) is 23.3. The Morgan fingerprint density at radius 3 is 2.38 bits per heavy atom. The topological polar surface area (TPSA) is 98.4 Å². The zero-order valence-electron chi connectivity index (χ0n) is 19.4. The van der Waals surface area contributed by atoms with Crippen LogP contribution in [-0.2, 0) is 9.53 Å². The molecule has 0 bridgehead atoms. The number of nitrogens with zero attached hydrogens (tertiary/aromatic N) is 1. The summed E-state index contributed by atoms with van der Waals surface area (Å²) < 4.78 is 21.9. The SMILES string of the molecule is CCOC(=O)C1=C(CN2CCC(C)CC2)NC(=O)NC1c1ccc(OC)c(OC)c1OC. The minimum absolute atomic E-state index is 0.223. The second-order valence-electron chi connectivity index (χ2n) is 8.03. The molecular weight excluding hydrogens is 414 g/mol. The van der Waals surface area contributed by atoms with Crippen LogP contribution >= 0.6 is 0 Å². The van der Waals surface area contributed by atoms with Gasteiger partial charge < -0.3 is 29.6 Å². The summed E-state index contributed by atoms with van der Waals surface area (Å²) in [7, 11) is 4.55. The summed E-state index contributed by atoms with van der Waals surface area (Å²) in [6.45, 7) is 6.50. The smallest absolute Gasteiger partial charge is 0.338 e. The lowest BCUT2D eigenvalue weighted by Gasteiger charge is -2.35. The van der Waals surface area contributed by atoms with E-state index in [4.69, 9.17) is 18.9 Å². The van der Waals surface area contributed by atoms with Gasteiger partial charge in [0.2, 0.25) is 5.75 Å². The van der Waals surface area contributed by atoms with Crippen LogP contribution in [0.2, 0.25) is 0 Å². The van der Waals surface area contributed by atoms with Crippen LogP contribution in [0.5, 0.6) is 17.2 Å². The normalized spacial score (nSPS) is 19.8. The number of likely N-dealkylation sites (tertiary alicyclic amines) is 1. The summed E-state index contributed by atoms with van der Waals surface area (Å²) >= 11 is 0. The van der Waals surface area contributed by atoms with Crippen LogP contribution < -0.4 is 24.8 Å². The third-order valence-electron chi connectivity index (χ3n) is 5.95. The highest BCUT2D eigenvalue weighted by atomic mass is 16.5. The molecule has 0 aromatic heterocycles. The molecule has 32 heavy (non-hydrogen) atoms. The number of benzene rings is 1. The Morgan fingerprint density at radius 2 is 1.78 bits per heavy atom. The number of urea groups is 1. The number of ether oxygens (including phenoxy) is 4. The van der Waals surface area contributed by atoms with E-state index in [0.29, 0.717) is 46.5 Å². The quantitative estimate of drug-likeness (QED) is 0.591. The molecule has 0 aliphatic carbocycles. The van der Waals surface area contributed by atoms with Crippen molar-refractivity contribution < 1.29 is 28.5 Å². The molecule has 1 aromatic carbocycles. The van der Waals surface area contributed by atoms with E-state index in [2.05, 4.69) is 22.5 Å². The van der Waals surface area contributed by atoms with Gasteiger partial charge in [0, 0.05) is 17.8 Å². The third-order valence-corrected chi connectivity index (χ3v) is 5.95. The number of hydrogen-bond donors (Lipinski definition) is 2. The maximum absolute atomic E-state index is 13.1. The number of amides is 2. The predicted molar refractivity (Wildman–Crippen MR) is 119 cm³/mol. The molecule has 176 valence electrons. The Labute approximate surface area is 189 Å². The summed E-state index contributed by atoms with van der Waals surface area (Å²) in [6.07, 6.45) is 2.17. The number of carbonyl (C=O) groups excluding carboxylic acids is 2. The molecule has 2 aliphatic rings. The Balaban J connectivity index is 2.08. The number of methoxy groups -OCH3 is 3. The summed E-state index contributed by atoms with van der Waals surface area (Å²) in [5, 5.41) is 5.70. The molecule has 0 spiro atoms. The van der Waals surface area contributed by atoms with Gasteiger partial charge in [-0.05, 0) is 50.9 Å². The first-order valence-corrected chi connectivity index (χ1v) is 10.9. The summed E-state index contributed by atoms with van der Waals surface area (Å²) in [5.74, 6) is 1.44. The standard InChI is InChI=1S/C23H33N3O6/c1-6-32-22(27)18-16(13-26-11-9-14(2)10-12-26)24-23(28)25-19(18)15-7-8-17(29-3)21(31-5)20(15)30-4/h7-8,14,19H,6,9-13H2,1-5H3,(H2,24,25,28). The maximum Gasteiger partial charge on any atom is 0.338 e. The lowest BCUT2D eigenvalue weighted by atomic mass is 9.93. The summed E-state index contributed by atoms with van der Waals surface area (Å²) in [6, 6.07) is 2.33. The van der Waals surface area contributed by atoms with Crippen LogP contribution in [0.1, 0.15) is 38.3 Å². The van der Waals surface area contributed by atoms with Crippen LogP contribution in [0.25, 0.3) is 0 Å². The number of carbonyl (C=O) groups is 2. The van der Waals surface area contributed by atoms with E-state index in [-0.39, 0.29) is 12.6 Å². The van der Waals surface area contributed by atoms with Crippen molar-refractivity contribution >= 4 is 12.0 Å². The first-order chi connectivity index (χ1) is 15.4. The van der Waals surface area contributed by atoms with Gasteiger partial charge in [0.05, 0.1) is 39.6 Å². The molecule has 2 amide bonds. The average Bonchev–Trinajstić information content (AvgIpc) is 2.79. The van der Waals surface area contributed by atoms with E-state index in [1.54, 1.807) is 19.1 Å². The maximum atomic E-state index is 13.1. The van der Waals surface area contributed by atoms with E-state index in [1.165, 1.54) is 21.3 Å². The van der Waals surface area contributed by atoms with Crippen LogP contribution in [0.15, 0.2) is 23.4 Å². The average molecular weight is 448 g/mol. The molecule has 2 heterocycles. The highest BCUT2D eigenvalue weighted by Crippen LogP contribution is 2.44. The fraction of sp³-hybridized carbons (Fsp3) is 0.565. The van der Waals surface area contributed by atoms with Crippen molar-refractivity contribution in [2.24, 2.45) is 5.92 Å². The zero-order valence-corrected chi connectivity index (χ0v) is 19.4. The van der Waals surface area contributed by atoms with Gasteiger partial charge in [-0.3, -0.25) is 4.90 Å². The lowest BCUT2D eigenvalue weighted by Crippen LogP contribution is -2.49. The van der Waals surface area contributed by atoms with E-state index in [1.807, 2.05) is 0 Å². The molecule has 1 atom stereocenters. The van der Waals surface area contributed by atoms with Gasteiger partial charge in [-0.15, -0.1) is 0 Å². The second kappa shape index (κ2) is 10.6. The molecule has 0 radical (unpaired) electrons. The highest BCUT2D eigenvalue weighted by molar-refractivity contribution is 5.95. The minimum Gasteiger partial charge on any atom is -0.493 e. The van der Waals surface area contributed by atoms with Gasteiger partial charge in [0.25, 0.3) is 0 Å². The van der Waals surface area contributed by atoms with Gasteiger partial charge >= 0.3 is 12.0 Å². The van der Waals surface area contributed by atoms with Gasteiger partial charge in [-0.1, -0.05) is 6.92 Å². The first-order valence-electron chi connectivity index (χ1n) is 10.9. The summed E-state index contributed by atoms with van der Waals surface area (Å²) in [4.78, 5) is 28.0. The molecule has 9 heteroatoms. The van der Waals surface area contributed by atoms with Gasteiger partial charge in [-0.2, -0.15) is 0 Å². The fourth-order valence-corrected chi connectivity index (χ4v) is 4.22. The van der Waals surface area contributed by atoms with Crippen LogP contribution in [-0.4, -0.2) is 64.5 Å². The number of nitrogens with one attached hydrogen (secondary N) is 2. The molecule has 9 nitrogen and oxygen atoms in total. The predicted octanol–water partition coefficient (Wildman–Crippen LogP) is 2.62. The molecule has 1 saturated heterocycles. The number of esters is 1. The van der Waals surface area contributed by atoms with Crippen molar-refractivity contribution in [3.8, 4) is 17.2 Å². The highest BCUT2D eigenvalue weighted by Gasteiger charge is 2.37. The van der Waals surface area contributed by atoms with E-state index in [9.17, 15) is 9.59 Å². The number of hydrogen-bond acceptors (Lipinski definition) is 7. The van der Waals surface area contributed by atoms with E-state index in [0.717, 1.165) is 25.9 Å². The Kier molecular flexibility index (Phi) is 7.84. The van der Waals surface area contributed by atoms with Gasteiger partial charge in [-0.25, -0.2) is 9.59 Å². The molecular formula is C23H33N3O6. The molecule has 0 saturated carbocycles. The van der Waals surface area contributed by atoms with Crippen molar-refractivity contribution in [1.82, 2.24) is 15.5 Å². The van der Waals surface area contributed by atoms with Crippen molar-refractivity contribution in [2.75, 3.05) is 47.6 Å². The van der Waals surface area contributed by atoms with Crippen LogP contribution in [0.4, 0.5) is 4.79 Å². The van der Waals surface area contributed by atoms with E-state index >= 15 is 0 Å². The first kappa shape index (κ1) is 23.7. The Morgan fingerprint density at radius 1 is 1.09 bits per heavy atom. The lowest BCUT2D eigenvalue weighted by molar-refractivity contribution is -0.139. The molecule has 1 fully saturated rings. The molecule has 2 N–H and O–H groups in total. The summed E-state index contributed by atoms with van der Waals surface area (Å²) in [5.41, 5.74) is 1.48. The monoisotopic (exact) mass is 447 g/mol. The second-order valence-corrected chi connectivity index (χ2v) is 8.03. The number of piperidine rings is 1. The minimum atomic E-state index is -0.767. The van der Waals surface area contributed by atoms with Gasteiger partial charge in [0.15, 0.2) is 11.5 Å². The van der Waals surface area contributed by atoms with Crippen molar-refractivity contribution in [2.45, 2.75) is 32.7 Å². The molecule has 1 unspecified atom stereocenters. The fourth-order valence-electron chi connectivity index (χ4n) is 4.22. The van der Waals surface area contributed by atoms with Crippen molar-refractivity contribution in [3.05, 3.63) is 29.0 Å². The Hall–Kier alpha value is -2.94. The molecule has 1 aromatic rings. The Bertz CT molecular complexity index is 877. The number of rotatable bonds is 8. The van der Waals surface area contributed by atoms with Crippen molar-refractivity contribution in [1.29, 1.82) is 0 Å². The molecule has 2 aliphatic heterocycles. The van der Waals surface area contributed by atoms with Crippen LogP contribution in [0.3, 0.4) is 0 Å². The molecule has 3 rings (SSSR count). The van der Waals surface area contributed by atoms with E-state index < -0.39 is 12.0 Å². The van der Waals surface area contributed by atoms with Gasteiger partial charge in [0.1, 0.15) is 0 Å². The third kappa shape index (κ3) is 4.93. The van der Waals surface area contributed by atoms with Crippen molar-refractivity contribution in [3.63, 3.8) is 0 Å². The largest absolute Gasteiger partial charge is 0.493 e.